The minimum Gasteiger partial charge on any atom is -0.469 e. The summed E-state index contributed by atoms with van der Waals surface area (Å²) >= 11 is 0. The molecule has 0 N–H and O–H groups in total. The number of rotatable bonds is 9. The van der Waals surface area contributed by atoms with Crippen LogP contribution in [-0.2, 0) is 40.3 Å². The molecule has 0 spiro atoms. The third kappa shape index (κ3) is 5.01. The van der Waals surface area contributed by atoms with Gasteiger partial charge in [0.25, 0.3) is 0 Å². The molecule has 0 fully saturated rings. The van der Waals surface area contributed by atoms with Crippen LogP contribution < -0.4 is 0 Å². The molecule has 3 aromatic rings. The van der Waals surface area contributed by atoms with Crippen LogP contribution in [0.25, 0.3) is 11.0 Å². The Hall–Kier alpha value is -3.15. The topological polar surface area (TPSA) is 64.4 Å². The van der Waals surface area contributed by atoms with Gasteiger partial charge in [0, 0.05) is 43.2 Å². The van der Waals surface area contributed by atoms with Gasteiger partial charge < -0.3 is 14.2 Å². The van der Waals surface area contributed by atoms with E-state index >= 15 is 0 Å². The summed E-state index contributed by atoms with van der Waals surface area (Å²) in [5.74, 6) is -0.158. The van der Waals surface area contributed by atoms with E-state index in [-0.39, 0.29) is 18.3 Å². The quantitative estimate of drug-likeness (QED) is 0.373. The number of aryl methyl sites for hydroxylation is 2. The zero-order valence-corrected chi connectivity index (χ0v) is 18.8. The maximum Gasteiger partial charge on any atom is 0.305 e. The maximum atomic E-state index is 12.8. The fraction of sp³-hybridized carbons (Fsp3) is 0.423. The molecule has 0 aliphatic carbocycles. The molecule has 32 heavy (non-hydrogen) atoms. The van der Waals surface area contributed by atoms with E-state index in [4.69, 9.17) is 0 Å². The molecule has 0 unspecified atom stereocenters. The van der Waals surface area contributed by atoms with E-state index in [1.807, 2.05) is 17.2 Å². The molecule has 4 rings (SSSR count). The summed E-state index contributed by atoms with van der Waals surface area (Å²) in [5, 5.41) is 1.21. The van der Waals surface area contributed by atoms with Crippen molar-refractivity contribution in [2.75, 3.05) is 13.7 Å². The molecule has 2 aromatic heterocycles. The number of unbranched alkanes of at least 4 members (excludes halogenated alkanes) is 1. The minimum atomic E-state index is -0.263. The summed E-state index contributed by atoms with van der Waals surface area (Å²) in [4.78, 5) is 30.7. The number of esters is 1. The maximum absolute atomic E-state index is 12.8. The number of carbonyl (C=O) groups excluding carboxylic acids is 2. The number of hydrogen-bond acceptors (Lipinski definition) is 4. The van der Waals surface area contributed by atoms with Gasteiger partial charge in [-0.25, -0.2) is 4.98 Å². The number of pyridine rings is 1. The first-order chi connectivity index (χ1) is 15.7. The van der Waals surface area contributed by atoms with E-state index in [0.717, 1.165) is 37.9 Å². The van der Waals surface area contributed by atoms with Crippen LogP contribution in [0.2, 0.25) is 0 Å². The standard InChI is InChI=1S/C26H31N3O3/c1-32-25(31)14-7-13-24(30)28-18-15-21-22-12-8-16-27-26(22)29(23(21)19-28)17-6-5-11-20-9-3-2-4-10-20/h2-4,8-10,12,16H,5-7,11,13-15,17-19H2,1H3. The zero-order chi connectivity index (χ0) is 22.3. The SMILES string of the molecule is COC(=O)CCCC(=O)N1CCc2c(n(CCCCc3ccccc3)c3ncccc23)C1. The normalized spacial score (nSPS) is 13.2. The number of amides is 1. The lowest BCUT2D eigenvalue weighted by Gasteiger charge is -2.28. The van der Waals surface area contributed by atoms with E-state index < -0.39 is 0 Å². The number of methoxy groups -OCH3 is 1. The molecule has 168 valence electrons. The van der Waals surface area contributed by atoms with Gasteiger partial charge in [-0.3, -0.25) is 9.59 Å². The highest BCUT2D eigenvalue weighted by molar-refractivity contribution is 5.84. The smallest absolute Gasteiger partial charge is 0.305 e. The summed E-state index contributed by atoms with van der Waals surface area (Å²) in [6.45, 7) is 2.23. The Morgan fingerprint density at radius 2 is 1.88 bits per heavy atom. The van der Waals surface area contributed by atoms with Crippen molar-refractivity contribution in [2.45, 2.75) is 58.0 Å². The highest BCUT2D eigenvalue weighted by Gasteiger charge is 2.26. The van der Waals surface area contributed by atoms with Crippen LogP contribution in [0.15, 0.2) is 48.7 Å². The predicted molar refractivity (Wildman–Crippen MR) is 124 cm³/mol. The molecular weight excluding hydrogens is 402 g/mol. The number of hydrogen-bond donors (Lipinski definition) is 0. The van der Waals surface area contributed by atoms with E-state index in [0.29, 0.717) is 25.9 Å². The first-order valence-corrected chi connectivity index (χ1v) is 11.5. The van der Waals surface area contributed by atoms with Crippen molar-refractivity contribution in [2.24, 2.45) is 0 Å². The second-order valence-electron chi connectivity index (χ2n) is 8.39. The van der Waals surface area contributed by atoms with Gasteiger partial charge in [0.05, 0.1) is 13.7 Å². The van der Waals surface area contributed by atoms with E-state index in [9.17, 15) is 9.59 Å². The second kappa shape index (κ2) is 10.4. The van der Waals surface area contributed by atoms with Crippen LogP contribution in [0.3, 0.4) is 0 Å². The van der Waals surface area contributed by atoms with Crippen LogP contribution in [-0.4, -0.2) is 40.0 Å². The van der Waals surface area contributed by atoms with Gasteiger partial charge in [0.1, 0.15) is 5.65 Å². The van der Waals surface area contributed by atoms with Gasteiger partial charge >= 0.3 is 5.97 Å². The van der Waals surface area contributed by atoms with Gasteiger partial charge in [-0.1, -0.05) is 30.3 Å². The van der Waals surface area contributed by atoms with E-state index in [1.54, 1.807) is 0 Å². The first-order valence-electron chi connectivity index (χ1n) is 11.5. The Bertz CT molecular complexity index is 1070. The van der Waals surface area contributed by atoms with Crippen molar-refractivity contribution in [3.8, 4) is 0 Å². The number of carbonyl (C=O) groups is 2. The van der Waals surface area contributed by atoms with Crippen LogP contribution in [0.4, 0.5) is 0 Å². The Labute approximate surface area is 189 Å². The third-order valence-electron chi connectivity index (χ3n) is 6.31. The van der Waals surface area contributed by atoms with Crippen molar-refractivity contribution in [3.63, 3.8) is 0 Å². The third-order valence-corrected chi connectivity index (χ3v) is 6.31. The average Bonchev–Trinajstić information content (AvgIpc) is 3.15. The fourth-order valence-electron chi connectivity index (χ4n) is 4.60. The number of ether oxygens (including phenoxy) is 1. The van der Waals surface area contributed by atoms with Gasteiger partial charge in [0.15, 0.2) is 0 Å². The van der Waals surface area contributed by atoms with Crippen molar-refractivity contribution in [1.29, 1.82) is 0 Å². The number of fused-ring (bicyclic) bond motifs is 3. The van der Waals surface area contributed by atoms with Crippen LogP contribution in [0, 0.1) is 0 Å². The minimum absolute atomic E-state index is 0.105. The summed E-state index contributed by atoms with van der Waals surface area (Å²) in [6, 6.07) is 14.7. The largest absolute Gasteiger partial charge is 0.469 e. The number of benzene rings is 1. The van der Waals surface area contributed by atoms with Gasteiger partial charge in [-0.15, -0.1) is 0 Å². The molecule has 0 bridgehead atoms. The Kier molecular flexibility index (Phi) is 7.20. The molecule has 0 saturated heterocycles. The van der Waals surface area contributed by atoms with Crippen LogP contribution in [0.1, 0.15) is 48.9 Å². The molecule has 0 atom stereocenters. The Balaban J connectivity index is 1.44. The lowest BCUT2D eigenvalue weighted by atomic mass is 10.0. The predicted octanol–water partition coefficient (Wildman–Crippen LogP) is 4.29. The molecular formula is C26H31N3O3. The molecule has 0 saturated carbocycles. The van der Waals surface area contributed by atoms with Gasteiger partial charge in [-0.05, 0) is 55.4 Å². The van der Waals surface area contributed by atoms with Crippen molar-refractivity contribution >= 4 is 22.9 Å². The summed E-state index contributed by atoms with van der Waals surface area (Å²) in [6.07, 6.45) is 7.13. The van der Waals surface area contributed by atoms with E-state index in [2.05, 4.69) is 50.7 Å². The molecule has 1 amide bonds. The monoisotopic (exact) mass is 433 g/mol. The van der Waals surface area contributed by atoms with Crippen LogP contribution in [0.5, 0.6) is 0 Å². The van der Waals surface area contributed by atoms with Crippen molar-refractivity contribution in [1.82, 2.24) is 14.5 Å². The number of aromatic nitrogens is 2. The lowest BCUT2D eigenvalue weighted by molar-refractivity contribution is -0.141. The molecule has 1 aromatic carbocycles. The Morgan fingerprint density at radius 1 is 1.03 bits per heavy atom. The highest BCUT2D eigenvalue weighted by atomic mass is 16.5. The van der Waals surface area contributed by atoms with Crippen molar-refractivity contribution < 1.29 is 14.3 Å². The highest BCUT2D eigenvalue weighted by Crippen LogP contribution is 2.30. The first kappa shape index (κ1) is 22.1. The van der Waals surface area contributed by atoms with E-state index in [1.165, 1.54) is 29.3 Å². The van der Waals surface area contributed by atoms with Crippen molar-refractivity contribution in [3.05, 3.63) is 65.5 Å². The van der Waals surface area contributed by atoms with Gasteiger partial charge in [-0.2, -0.15) is 0 Å². The van der Waals surface area contributed by atoms with Gasteiger partial charge in [0.2, 0.25) is 5.91 Å². The van der Waals surface area contributed by atoms with Crippen LogP contribution >= 0.6 is 0 Å². The summed E-state index contributed by atoms with van der Waals surface area (Å²) < 4.78 is 7.00. The molecule has 6 nitrogen and oxygen atoms in total. The molecule has 6 heteroatoms. The lowest BCUT2D eigenvalue weighted by Crippen LogP contribution is -2.36. The summed E-state index contributed by atoms with van der Waals surface area (Å²) in [5.41, 5.74) is 4.94. The zero-order valence-electron chi connectivity index (χ0n) is 18.8. The fourth-order valence-corrected chi connectivity index (χ4v) is 4.60. The average molecular weight is 434 g/mol. The molecule has 0 radical (unpaired) electrons. The molecule has 3 heterocycles. The Morgan fingerprint density at radius 3 is 2.69 bits per heavy atom. The molecule has 1 aliphatic rings. The second-order valence-corrected chi connectivity index (χ2v) is 8.39. The number of nitrogens with zero attached hydrogens (tertiary/aromatic N) is 3. The molecule has 1 aliphatic heterocycles. The summed E-state index contributed by atoms with van der Waals surface area (Å²) in [7, 11) is 1.38.